The van der Waals surface area contributed by atoms with E-state index in [4.69, 9.17) is 4.74 Å². The Morgan fingerprint density at radius 1 is 0.929 bits per heavy atom. The Morgan fingerprint density at radius 3 is 1.82 bits per heavy atom. The summed E-state index contributed by atoms with van der Waals surface area (Å²) in [6.07, 6.45) is -12.7. The van der Waals surface area contributed by atoms with Gasteiger partial charge in [0.15, 0.2) is 12.7 Å². The molecule has 0 spiro atoms. The highest BCUT2D eigenvalue weighted by molar-refractivity contribution is 5.82. The quantitative estimate of drug-likeness (QED) is 0.337. The normalized spacial score (nSPS) is 16.0. The molecule has 0 N–H and O–H groups in total. The molecule has 0 aliphatic carbocycles. The van der Waals surface area contributed by atoms with Crippen molar-refractivity contribution in [2.45, 2.75) is 65.1 Å². The summed E-state index contributed by atoms with van der Waals surface area (Å²) < 4.78 is 87.8. The van der Waals surface area contributed by atoms with Crippen molar-refractivity contribution in [2.24, 2.45) is 11.8 Å². The number of carbonyl (C=O) groups is 3. The lowest BCUT2D eigenvalue weighted by molar-refractivity contribution is -0.221. The van der Waals surface area contributed by atoms with Gasteiger partial charge in [0, 0.05) is 13.3 Å². The molecule has 28 heavy (non-hydrogen) atoms. The van der Waals surface area contributed by atoms with E-state index in [1.807, 2.05) is 0 Å². The molecule has 0 saturated heterocycles. The van der Waals surface area contributed by atoms with Crippen molar-refractivity contribution in [3.05, 3.63) is 0 Å². The average Bonchev–Trinajstić information content (AvgIpc) is 2.46. The highest BCUT2D eigenvalue weighted by Gasteiger charge is 2.44. The van der Waals surface area contributed by atoms with Crippen molar-refractivity contribution < 1.29 is 54.9 Å². The molecule has 0 radical (unpaired) electrons. The van der Waals surface area contributed by atoms with Gasteiger partial charge in [0.2, 0.25) is 0 Å². The van der Waals surface area contributed by atoms with Gasteiger partial charge >= 0.3 is 30.3 Å². The summed E-state index contributed by atoms with van der Waals surface area (Å²) in [6.45, 7) is 3.31. The lowest BCUT2D eigenvalue weighted by atomic mass is 9.84. The molecule has 12 heteroatoms. The number of alkyl halides is 6. The second-order valence-corrected chi connectivity index (χ2v) is 6.80. The summed E-state index contributed by atoms with van der Waals surface area (Å²) in [5.74, 6) is -6.96. The van der Waals surface area contributed by atoms with Crippen molar-refractivity contribution in [2.75, 3.05) is 6.61 Å². The van der Waals surface area contributed by atoms with Gasteiger partial charge in [0.1, 0.15) is 5.60 Å². The molecule has 0 bridgehead atoms. The third kappa shape index (κ3) is 9.79. The second-order valence-electron chi connectivity index (χ2n) is 6.80. The molecule has 0 aromatic carbocycles. The first-order chi connectivity index (χ1) is 12.4. The van der Waals surface area contributed by atoms with Crippen LogP contribution in [0.25, 0.3) is 0 Å². The summed E-state index contributed by atoms with van der Waals surface area (Å²) in [7, 11) is 0. The van der Waals surface area contributed by atoms with E-state index in [1.54, 1.807) is 0 Å². The van der Waals surface area contributed by atoms with Crippen LogP contribution in [0.4, 0.5) is 26.3 Å². The predicted octanol–water partition coefficient (Wildman–Crippen LogP) is 3.57. The number of rotatable bonds is 8. The van der Waals surface area contributed by atoms with Crippen molar-refractivity contribution in [3.63, 3.8) is 0 Å². The first-order valence-corrected chi connectivity index (χ1v) is 8.06. The molecule has 164 valence electrons. The Labute approximate surface area is 157 Å². The Hall–Kier alpha value is -2.01. The standard InChI is InChI=1S/C16H22F6O6/c1-8(12(24)26-7-15(17,18)19)11(6-14(4,5)28-10(3)23)13(25)27-9(2)16(20,21)22/h8-9,11H,6-7H2,1-5H3. The SMILES string of the molecule is CC(=O)OC(C)(C)CC(C(=O)OC(C)C(F)(F)F)C(C)C(=O)OCC(F)(F)F. The Morgan fingerprint density at radius 2 is 1.43 bits per heavy atom. The van der Waals surface area contributed by atoms with Crippen LogP contribution in [0.1, 0.15) is 41.0 Å². The van der Waals surface area contributed by atoms with E-state index in [0.29, 0.717) is 6.92 Å². The summed E-state index contributed by atoms with van der Waals surface area (Å²) >= 11 is 0. The maximum absolute atomic E-state index is 12.6. The van der Waals surface area contributed by atoms with E-state index < -0.39 is 66.8 Å². The summed E-state index contributed by atoms with van der Waals surface area (Å²) in [5, 5.41) is 0. The van der Waals surface area contributed by atoms with Crippen molar-refractivity contribution >= 4 is 17.9 Å². The number of carbonyl (C=O) groups excluding carboxylic acids is 3. The fourth-order valence-corrected chi connectivity index (χ4v) is 2.20. The summed E-state index contributed by atoms with van der Waals surface area (Å²) in [6, 6.07) is 0. The van der Waals surface area contributed by atoms with Crippen LogP contribution in [0.2, 0.25) is 0 Å². The topological polar surface area (TPSA) is 78.9 Å². The summed E-state index contributed by atoms with van der Waals surface area (Å²) in [5.41, 5.74) is -1.42. The predicted molar refractivity (Wildman–Crippen MR) is 81.7 cm³/mol. The Kier molecular flexibility index (Phi) is 8.78. The highest BCUT2D eigenvalue weighted by atomic mass is 19.4. The molecule has 6 nitrogen and oxygen atoms in total. The van der Waals surface area contributed by atoms with Crippen LogP contribution >= 0.6 is 0 Å². The van der Waals surface area contributed by atoms with Gasteiger partial charge in [0.25, 0.3) is 0 Å². The van der Waals surface area contributed by atoms with E-state index in [-0.39, 0.29) is 0 Å². The van der Waals surface area contributed by atoms with Crippen LogP contribution in [0.15, 0.2) is 0 Å². The highest BCUT2D eigenvalue weighted by Crippen LogP contribution is 2.31. The van der Waals surface area contributed by atoms with Gasteiger partial charge in [-0.1, -0.05) is 6.92 Å². The minimum Gasteiger partial charge on any atom is -0.460 e. The van der Waals surface area contributed by atoms with Gasteiger partial charge < -0.3 is 14.2 Å². The fraction of sp³-hybridized carbons (Fsp3) is 0.812. The zero-order valence-corrected chi connectivity index (χ0v) is 15.9. The fourth-order valence-electron chi connectivity index (χ4n) is 2.20. The van der Waals surface area contributed by atoms with Crippen molar-refractivity contribution in [1.29, 1.82) is 0 Å². The molecule has 0 aromatic rings. The second kappa shape index (κ2) is 9.46. The van der Waals surface area contributed by atoms with Crippen LogP contribution in [-0.2, 0) is 28.6 Å². The minimum absolute atomic E-state index is 0.488. The molecule has 0 heterocycles. The lowest BCUT2D eigenvalue weighted by Gasteiger charge is -2.31. The van der Waals surface area contributed by atoms with Gasteiger partial charge in [-0.3, -0.25) is 14.4 Å². The number of ether oxygens (including phenoxy) is 3. The van der Waals surface area contributed by atoms with Gasteiger partial charge in [-0.05, 0) is 20.8 Å². The molecule has 0 aliphatic rings. The third-order valence-corrected chi connectivity index (χ3v) is 3.54. The minimum atomic E-state index is -4.88. The van der Waals surface area contributed by atoms with Gasteiger partial charge in [-0.25, -0.2) is 0 Å². The maximum Gasteiger partial charge on any atom is 0.425 e. The van der Waals surface area contributed by atoms with Gasteiger partial charge in [-0.2, -0.15) is 26.3 Å². The van der Waals surface area contributed by atoms with E-state index >= 15 is 0 Å². The molecular weight excluding hydrogens is 402 g/mol. The van der Waals surface area contributed by atoms with Crippen LogP contribution < -0.4 is 0 Å². The van der Waals surface area contributed by atoms with Gasteiger partial charge in [-0.15, -0.1) is 0 Å². The molecule has 0 amide bonds. The molecule has 0 rings (SSSR count). The average molecular weight is 424 g/mol. The van der Waals surface area contributed by atoms with Gasteiger partial charge in [0.05, 0.1) is 11.8 Å². The number of halogens is 6. The van der Waals surface area contributed by atoms with Crippen LogP contribution in [0, 0.1) is 11.8 Å². The van der Waals surface area contributed by atoms with Crippen LogP contribution in [-0.4, -0.2) is 48.6 Å². The lowest BCUT2D eigenvalue weighted by Crippen LogP contribution is -2.41. The Balaban J connectivity index is 5.50. The summed E-state index contributed by atoms with van der Waals surface area (Å²) in [4.78, 5) is 35.2. The third-order valence-electron chi connectivity index (χ3n) is 3.54. The van der Waals surface area contributed by atoms with Crippen molar-refractivity contribution in [3.8, 4) is 0 Å². The van der Waals surface area contributed by atoms with E-state index in [0.717, 1.165) is 13.8 Å². The maximum atomic E-state index is 12.6. The first kappa shape index (κ1) is 26.0. The smallest absolute Gasteiger partial charge is 0.425 e. The molecule has 0 fully saturated rings. The van der Waals surface area contributed by atoms with E-state index in [2.05, 4.69) is 9.47 Å². The molecule has 3 unspecified atom stereocenters. The monoisotopic (exact) mass is 424 g/mol. The largest absolute Gasteiger partial charge is 0.460 e. The van der Waals surface area contributed by atoms with E-state index in [1.165, 1.54) is 13.8 Å². The van der Waals surface area contributed by atoms with E-state index in [9.17, 15) is 40.7 Å². The molecule has 0 saturated carbocycles. The first-order valence-electron chi connectivity index (χ1n) is 8.06. The zero-order valence-electron chi connectivity index (χ0n) is 15.9. The number of esters is 3. The zero-order chi connectivity index (χ0) is 22.5. The molecule has 0 aliphatic heterocycles. The number of hydrogen-bond acceptors (Lipinski definition) is 6. The molecular formula is C16H22F6O6. The molecule has 0 aromatic heterocycles. The van der Waals surface area contributed by atoms with Crippen LogP contribution in [0.3, 0.4) is 0 Å². The Bertz CT molecular complexity index is 569. The van der Waals surface area contributed by atoms with Crippen LogP contribution in [0.5, 0.6) is 0 Å². The number of hydrogen-bond donors (Lipinski definition) is 0. The molecule has 3 atom stereocenters. The van der Waals surface area contributed by atoms with Crippen molar-refractivity contribution in [1.82, 2.24) is 0 Å².